The minimum Gasteiger partial charge on any atom is -0.478 e. The minimum absolute atomic E-state index is 0.128. The Hall–Kier alpha value is -1.77. The Morgan fingerprint density at radius 2 is 1.88 bits per heavy atom. The molecule has 0 amide bonds. The molecule has 94 valence electrons. The number of aromatic nitrogens is 2. The van der Waals surface area contributed by atoms with E-state index in [1.807, 2.05) is 0 Å². The van der Waals surface area contributed by atoms with Crippen molar-refractivity contribution in [3.05, 3.63) is 17.8 Å². The second kappa shape index (κ2) is 5.53. The molecule has 0 spiro atoms. The average Bonchev–Trinajstić information content (AvgIpc) is 2.36. The Labute approximate surface area is 96.6 Å². The number of hydrogen-bond acceptors (Lipinski definition) is 7. The Balaban J connectivity index is 3.05. The Morgan fingerprint density at radius 3 is 2.35 bits per heavy atom. The quantitative estimate of drug-likeness (QED) is 0.399. The number of carboxylic acids is 1. The van der Waals surface area contributed by atoms with Crippen molar-refractivity contribution in [1.29, 1.82) is 0 Å². The van der Waals surface area contributed by atoms with E-state index < -0.39 is 31.3 Å². The maximum absolute atomic E-state index is 10.9. The van der Waals surface area contributed by atoms with Crippen molar-refractivity contribution < 1.29 is 25.2 Å². The van der Waals surface area contributed by atoms with E-state index in [0.717, 1.165) is 0 Å². The van der Waals surface area contributed by atoms with Crippen LogP contribution >= 0.6 is 0 Å². The zero-order valence-electron chi connectivity index (χ0n) is 8.87. The molecule has 0 aliphatic carbocycles. The number of nitrogens with zero attached hydrogens (tertiary/aromatic N) is 2. The van der Waals surface area contributed by atoms with Gasteiger partial charge in [-0.3, -0.25) is 0 Å². The molecular formula is C9H13N3O5. The van der Waals surface area contributed by atoms with E-state index in [4.69, 9.17) is 20.4 Å². The van der Waals surface area contributed by atoms with Crippen molar-refractivity contribution in [1.82, 2.24) is 10.2 Å². The van der Waals surface area contributed by atoms with E-state index in [1.165, 1.54) is 12.3 Å². The summed E-state index contributed by atoms with van der Waals surface area (Å²) in [6.45, 7) is -1.76. The monoisotopic (exact) mass is 243 g/mol. The lowest BCUT2D eigenvalue weighted by molar-refractivity contribution is 0.0691. The third-order valence-electron chi connectivity index (χ3n) is 2.24. The smallest absolute Gasteiger partial charge is 0.339 e. The van der Waals surface area contributed by atoms with Gasteiger partial charge in [-0.1, -0.05) is 0 Å². The lowest BCUT2D eigenvalue weighted by Gasteiger charge is -2.29. The van der Waals surface area contributed by atoms with Gasteiger partial charge >= 0.3 is 5.97 Å². The first kappa shape index (κ1) is 13.3. The largest absolute Gasteiger partial charge is 0.478 e. The summed E-state index contributed by atoms with van der Waals surface area (Å²) in [7, 11) is 0. The van der Waals surface area contributed by atoms with Gasteiger partial charge < -0.3 is 25.7 Å². The summed E-state index contributed by atoms with van der Waals surface area (Å²) in [6.07, 6.45) is 1.20. The number of carboxylic acid groups (broad SMARTS) is 1. The van der Waals surface area contributed by atoms with Crippen LogP contribution in [0.4, 0.5) is 5.82 Å². The van der Waals surface area contributed by atoms with Gasteiger partial charge in [0.15, 0.2) is 5.82 Å². The van der Waals surface area contributed by atoms with Crippen molar-refractivity contribution in [3.8, 4) is 0 Å². The fraction of sp³-hybridized carbons (Fsp3) is 0.444. The molecule has 0 atom stereocenters. The molecule has 0 fully saturated rings. The molecule has 0 saturated heterocycles. The van der Waals surface area contributed by atoms with Gasteiger partial charge in [-0.05, 0) is 6.07 Å². The third-order valence-corrected chi connectivity index (χ3v) is 2.24. The molecule has 8 heteroatoms. The molecule has 1 heterocycles. The summed E-state index contributed by atoms with van der Waals surface area (Å²) in [5.41, 5.74) is -1.61. The molecule has 0 bridgehead atoms. The molecule has 1 aromatic rings. The first-order valence-electron chi connectivity index (χ1n) is 4.74. The third kappa shape index (κ3) is 2.87. The lowest BCUT2D eigenvalue weighted by Crippen LogP contribution is -2.49. The van der Waals surface area contributed by atoms with Crippen molar-refractivity contribution >= 4 is 11.8 Å². The predicted molar refractivity (Wildman–Crippen MR) is 56.6 cm³/mol. The van der Waals surface area contributed by atoms with E-state index in [9.17, 15) is 4.79 Å². The van der Waals surface area contributed by atoms with Gasteiger partial charge in [-0.15, -0.1) is 5.10 Å². The van der Waals surface area contributed by atoms with E-state index in [0.29, 0.717) is 0 Å². The highest BCUT2D eigenvalue weighted by molar-refractivity contribution is 5.92. The molecule has 0 aliphatic heterocycles. The van der Waals surface area contributed by atoms with Crippen molar-refractivity contribution in [3.63, 3.8) is 0 Å². The summed E-state index contributed by atoms with van der Waals surface area (Å²) < 4.78 is 0. The predicted octanol–water partition coefficient (Wildman–Crippen LogP) is -1.70. The van der Waals surface area contributed by atoms with Crippen LogP contribution in [-0.2, 0) is 0 Å². The van der Waals surface area contributed by atoms with Crippen LogP contribution in [0.3, 0.4) is 0 Å². The normalized spacial score (nSPS) is 11.2. The molecule has 1 aromatic heterocycles. The molecule has 0 aromatic carbocycles. The highest BCUT2D eigenvalue weighted by Crippen LogP contribution is 2.16. The fourth-order valence-electron chi connectivity index (χ4n) is 1.12. The molecule has 5 N–H and O–H groups in total. The average molecular weight is 243 g/mol. The van der Waals surface area contributed by atoms with Gasteiger partial charge in [0.2, 0.25) is 0 Å². The molecule has 17 heavy (non-hydrogen) atoms. The molecule has 0 unspecified atom stereocenters. The molecule has 1 rings (SSSR count). The highest BCUT2D eigenvalue weighted by Gasteiger charge is 2.30. The number of anilines is 1. The van der Waals surface area contributed by atoms with Crippen LogP contribution in [0.5, 0.6) is 0 Å². The van der Waals surface area contributed by atoms with Crippen LogP contribution in [0.2, 0.25) is 0 Å². The first-order valence-corrected chi connectivity index (χ1v) is 4.74. The van der Waals surface area contributed by atoms with Gasteiger partial charge in [0.25, 0.3) is 0 Å². The summed E-state index contributed by atoms with van der Waals surface area (Å²) in [6, 6.07) is 1.22. The Kier molecular flexibility index (Phi) is 4.32. The zero-order chi connectivity index (χ0) is 12.9. The SMILES string of the molecule is O=C(O)c1ccnnc1NC(CO)(CO)CO. The van der Waals surface area contributed by atoms with E-state index in [1.54, 1.807) is 0 Å². The minimum atomic E-state index is -1.44. The van der Waals surface area contributed by atoms with E-state index in [2.05, 4.69) is 15.5 Å². The van der Waals surface area contributed by atoms with Crippen LogP contribution in [0.1, 0.15) is 10.4 Å². The molecule has 8 nitrogen and oxygen atoms in total. The van der Waals surface area contributed by atoms with Crippen LogP contribution in [0.15, 0.2) is 12.3 Å². The van der Waals surface area contributed by atoms with E-state index in [-0.39, 0.29) is 11.4 Å². The number of aliphatic hydroxyl groups is 3. The van der Waals surface area contributed by atoms with Gasteiger partial charge in [0.05, 0.1) is 26.0 Å². The Morgan fingerprint density at radius 1 is 1.29 bits per heavy atom. The van der Waals surface area contributed by atoms with Gasteiger partial charge in [0, 0.05) is 0 Å². The summed E-state index contributed by atoms with van der Waals surface area (Å²) in [5.74, 6) is -1.36. The van der Waals surface area contributed by atoms with E-state index >= 15 is 0 Å². The van der Waals surface area contributed by atoms with Crippen LogP contribution in [-0.4, -0.2) is 62.0 Å². The van der Waals surface area contributed by atoms with Crippen molar-refractivity contribution in [2.75, 3.05) is 25.1 Å². The van der Waals surface area contributed by atoms with Crippen molar-refractivity contribution in [2.45, 2.75) is 5.54 Å². The number of carbonyl (C=O) groups is 1. The molecule has 0 aliphatic rings. The lowest BCUT2D eigenvalue weighted by atomic mass is 10.0. The highest BCUT2D eigenvalue weighted by atomic mass is 16.4. The van der Waals surface area contributed by atoms with Crippen LogP contribution in [0, 0.1) is 0 Å². The molecular weight excluding hydrogens is 230 g/mol. The maximum Gasteiger partial charge on any atom is 0.339 e. The second-order valence-corrected chi connectivity index (χ2v) is 3.48. The molecule has 0 radical (unpaired) electrons. The summed E-state index contributed by atoms with van der Waals surface area (Å²) in [5, 5.41) is 45.7. The summed E-state index contributed by atoms with van der Waals surface area (Å²) in [4.78, 5) is 10.9. The van der Waals surface area contributed by atoms with Gasteiger partial charge in [-0.2, -0.15) is 5.10 Å². The topological polar surface area (TPSA) is 136 Å². The zero-order valence-corrected chi connectivity index (χ0v) is 8.87. The Bertz CT molecular complexity index is 386. The number of rotatable bonds is 6. The number of aliphatic hydroxyl groups excluding tert-OH is 3. The maximum atomic E-state index is 10.9. The van der Waals surface area contributed by atoms with Crippen LogP contribution in [0.25, 0.3) is 0 Å². The van der Waals surface area contributed by atoms with Crippen molar-refractivity contribution in [2.24, 2.45) is 0 Å². The fourth-order valence-corrected chi connectivity index (χ4v) is 1.12. The van der Waals surface area contributed by atoms with Crippen LogP contribution < -0.4 is 5.32 Å². The second-order valence-electron chi connectivity index (χ2n) is 3.48. The number of aromatic carboxylic acids is 1. The van der Waals surface area contributed by atoms with Gasteiger partial charge in [-0.25, -0.2) is 4.79 Å². The standard InChI is InChI=1S/C9H13N3O5/c13-3-9(4-14,5-15)11-7-6(8(16)17)1-2-10-12-7/h1-2,13-15H,3-5H2,(H,11,12)(H,16,17). The molecule has 0 saturated carbocycles. The first-order chi connectivity index (χ1) is 8.08. The number of hydrogen-bond donors (Lipinski definition) is 5. The van der Waals surface area contributed by atoms with Gasteiger partial charge in [0.1, 0.15) is 11.1 Å². The number of nitrogens with one attached hydrogen (secondary N) is 1. The summed E-state index contributed by atoms with van der Waals surface area (Å²) >= 11 is 0.